The van der Waals surface area contributed by atoms with E-state index in [1.807, 2.05) is 33.0 Å². The Hall–Kier alpha value is -2.70. The minimum Gasteiger partial charge on any atom is -0.428 e. The van der Waals surface area contributed by atoms with E-state index in [1.165, 1.54) is 35.9 Å². The molecular formula is C24H30F5N2OP. The molecule has 0 heterocycles. The minimum absolute atomic E-state index is 0.365. The zero-order valence-electron chi connectivity index (χ0n) is 18.8. The van der Waals surface area contributed by atoms with Crippen LogP contribution in [0.25, 0.3) is 0 Å². The van der Waals surface area contributed by atoms with Crippen molar-refractivity contribution in [3.63, 3.8) is 0 Å². The molecule has 182 valence electrons. The van der Waals surface area contributed by atoms with Crippen LogP contribution in [0.1, 0.15) is 31.0 Å². The van der Waals surface area contributed by atoms with Gasteiger partial charge >= 0.3 is 12.5 Å². The lowest BCUT2D eigenvalue weighted by atomic mass is 9.99. The van der Waals surface area contributed by atoms with Crippen molar-refractivity contribution in [3.8, 4) is 5.75 Å². The van der Waals surface area contributed by atoms with E-state index in [1.54, 1.807) is 12.3 Å². The van der Waals surface area contributed by atoms with Crippen LogP contribution in [0.3, 0.4) is 0 Å². The summed E-state index contributed by atoms with van der Waals surface area (Å²) >= 11 is 0. The Kier molecular flexibility index (Phi) is 14.0. The molecule has 0 saturated heterocycles. The fourth-order valence-electron chi connectivity index (χ4n) is 2.07. The van der Waals surface area contributed by atoms with E-state index in [4.69, 9.17) is 5.73 Å². The minimum atomic E-state index is -4.60. The van der Waals surface area contributed by atoms with Crippen molar-refractivity contribution in [1.29, 1.82) is 0 Å². The molecule has 0 fully saturated rings. The molecule has 9 heteroatoms. The molecule has 2 atom stereocenters. The number of nitrogens with two attached hydrogens (primary N) is 1. The number of allylic oxidation sites excluding steroid dienone is 3. The first-order chi connectivity index (χ1) is 15.4. The van der Waals surface area contributed by atoms with Crippen LogP contribution in [0.4, 0.5) is 22.0 Å². The largest absolute Gasteiger partial charge is 0.461 e. The van der Waals surface area contributed by atoms with Crippen LogP contribution >= 0.6 is 9.24 Å². The molecule has 0 radical (unpaired) electrons. The first-order valence-corrected chi connectivity index (χ1v) is 10.3. The molecule has 0 aliphatic heterocycles. The van der Waals surface area contributed by atoms with Gasteiger partial charge in [0, 0.05) is 7.05 Å². The van der Waals surface area contributed by atoms with Gasteiger partial charge in [0.1, 0.15) is 11.6 Å². The lowest BCUT2D eigenvalue weighted by molar-refractivity contribution is -0.253. The summed E-state index contributed by atoms with van der Waals surface area (Å²) in [6.07, 6.45) is -3.08. The number of alkyl halides is 4. The van der Waals surface area contributed by atoms with Crippen molar-refractivity contribution < 1.29 is 26.7 Å². The molecule has 3 N–H and O–H groups in total. The van der Waals surface area contributed by atoms with Gasteiger partial charge in [0.2, 0.25) is 0 Å². The fraction of sp³-hybridized carbons (Fsp3) is 0.250. The van der Waals surface area contributed by atoms with Gasteiger partial charge in [-0.25, -0.2) is 4.39 Å². The summed E-state index contributed by atoms with van der Waals surface area (Å²) in [7, 11) is 4.07. The summed E-state index contributed by atoms with van der Waals surface area (Å²) in [4.78, 5) is 0. The second-order valence-electron chi connectivity index (χ2n) is 6.56. The van der Waals surface area contributed by atoms with Crippen LogP contribution in [0.2, 0.25) is 0 Å². The molecule has 3 nitrogen and oxygen atoms in total. The van der Waals surface area contributed by atoms with Crippen molar-refractivity contribution in [2.45, 2.75) is 32.4 Å². The molecule has 0 saturated carbocycles. The van der Waals surface area contributed by atoms with Gasteiger partial charge in [0.25, 0.3) is 0 Å². The van der Waals surface area contributed by atoms with Gasteiger partial charge in [0.05, 0.1) is 6.04 Å². The zero-order valence-corrected chi connectivity index (χ0v) is 19.9. The molecule has 2 rings (SSSR count). The maximum Gasteiger partial charge on any atom is 0.461 e. The molecule has 0 aliphatic carbocycles. The van der Waals surface area contributed by atoms with Crippen molar-refractivity contribution in [2.24, 2.45) is 5.73 Å². The maximum atomic E-state index is 13.0. The summed E-state index contributed by atoms with van der Waals surface area (Å²) in [5.41, 5.74) is 8.14. The average molecular weight is 488 g/mol. The summed E-state index contributed by atoms with van der Waals surface area (Å²) < 4.78 is 67.5. The second-order valence-corrected chi connectivity index (χ2v) is 7.23. The number of nitrogens with one attached hydrogen (secondary N) is 1. The van der Waals surface area contributed by atoms with Crippen LogP contribution in [0.5, 0.6) is 5.75 Å². The van der Waals surface area contributed by atoms with Gasteiger partial charge < -0.3 is 15.8 Å². The van der Waals surface area contributed by atoms with Crippen LogP contribution < -0.4 is 21.1 Å². The standard InChI is InChI=1S/C15H13F5NOP.C6H10.C3H7N/c16-10-3-1-8(2-4-10)13(21)9-5-11(7-12(23)6-9)22-15(19,20)14(17)18;1-4-6(3)5-2;1-3-4-2/h1-7,13-14H,21,23H2;4-5H,1H2,2-3H3;3-4H,1H2,2H3/b;6-5-;/t13-;;/m1../s1. The first-order valence-electron chi connectivity index (χ1n) is 9.71. The molecule has 2 aromatic carbocycles. The molecular weight excluding hydrogens is 458 g/mol. The third-order valence-electron chi connectivity index (χ3n) is 4.03. The predicted octanol–water partition coefficient (Wildman–Crippen LogP) is 6.10. The summed E-state index contributed by atoms with van der Waals surface area (Å²) in [5.74, 6) is -0.878. The van der Waals surface area contributed by atoms with Gasteiger partial charge in [0.15, 0.2) is 0 Å². The second kappa shape index (κ2) is 15.2. The molecule has 0 bridgehead atoms. The number of rotatable bonds is 7. The van der Waals surface area contributed by atoms with Crippen molar-refractivity contribution in [2.75, 3.05) is 7.05 Å². The third-order valence-corrected chi connectivity index (χ3v) is 4.36. The molecule has 0 aromatic heterocycles. The molecule has 1 unspecified atom stereocenters. The monoisotopic (exact) mass is 488 g/mol. The number of ether oxygens (including phenoxy) is 1. The highest BCUT2D eigenvalue weighted by molar-refractivity contribution is 7.27. The highest BCUT2D eigenvalue weighted by atomic mass is 31.0. The van der Waals surface area contributed by atoms with E-state index < -0.39 is 30.1 Å². The number of hydrogen-bond acceptors (Lipinski definition) is 3. The van der Waals surface area contributed by atoms with Crippen molar-refractivity contribution in [3.05, 3.63) is 96.5 Å². The van der Waals surface area contributed by atoms with E-state index in [0.29, 0.717) is 16.4 Å². The zero-order chi connectivity index (χ0) is 25.6. The van der Waals surface area contributed by atoms with Crippen molar-refractivity contribution in [1.82, 2.24) is 5.32 Å². The average Bonchev–Trinajstić information content (AvgIpc) is 2.78. The van der Waals surface area contributed by atoms with Crippen molar-refractivity contribution >= 4 is 14.5 Å². The Morgan fingerprint density at radius 2 is 1.67 bits per heavy atom. The lowest BCUT2D eigenvalue weighted by Crippen LogP contribution is -2.33. The molecule has 33 heavy (non-hydrogen) atoms. The number of halogens is 5. The van der Waals surface area contributed by atoms with Crippen LogP contribution in [-0.4, -0.2) is 19.6 Å². The van der Waals surface area contributed by atoms with Gasteiger partial charge in [-0.2, -0.15) is 17.6 Å². The van der Waals surface area contributed by atoms with E-state index >= 15 is 0 Å². The van der Waals surface area contributed by atoms with Gasteiger partial charge in [-0.3, -0.25) is 0 Å². The molecule has 0 spiro atoms. The normalized spacial score (nSPS) is 11.9. The number of benzene rings is 2. The Bertz CT molecular complexity index is 902. The van der Waals surface area contributed by atoms with Gasteiger partial charge in [-0.15, -0.1) is 9.24 Å². The Balaban J connectivity index is 0.000000860. The molecule has 0 amide bonds. The first kappa shape index (κ1) is 30.3. The SMILES string of the molecule is C=C/C(C)=C\C.C=CNC.N[C@H](c1ccc(F)cc1)c1cc(P)cc(OC(F)(F)C(F)F)c1. The Morgan fingerprint density at radius 1 is 1.12 bits per heavy atom. The van der Waals surface area contributed by atoms with Crippen LogP contribution in [0, 0.1) is 5.82 Å². The number of hydrogen-bond donors (Lipinski definition) is 2. The van der Waals surface area contributed by atoms with Crippen LogP contribution in [0.15, 0.2) is 79.5 Å². The highest BCUT2D eigenvalue weighted by Crippen LogP contribution is 2.30. The maximum absolute atomic E-state index is 13.0. The highest BCUT2D eigenvalue weighted by Gasteiger charge is 2.44. The Labute approximate surface area is 194 Å². The topological polar surface area (TPSA) is 47.3 Å². The van der Waals surface area contributed by atoms with Crippen LogP contribution in [-0.2, 0) is 0 Å². The predicted molar refractivity (Wildman–Crippen MR) is 129 cm³/mol. The lowest BCUT2D eigenvalue weighted by Gasteiger charge is -2.19. The van der Waals surface area contributed by atoms with E-state index in [9.17, 15) is 22.0 Å². The molecule has 0 aliphatic rings. The van der Waals surface area contributed by atoms with E-state index in [-0.39, 0.29) is 0 Å². The fourth-order valence-corrected chi connectivity index (χ4v) is 2.42. The Morgan fingerprint density at radius 3 is 2.06 bits per heavy atom. The summed E-state index contributed by atoms with van der Waals surface area (Å²) in [5, 5.41) is 3.13. The summed E-state index contributed by atoms with van der Waals surface area (Å²) in [6, 6.07) is 8.46. The van der Waals surface area contributed by atoms with Gasteiger partial charge in [-0.1, -0.05) is 43.0 Å². The quantitative estimate of drug-likeness (QED) is 0.281. The smallest absolute Gasteiger partial charge is 0.428 e. The van der Waals surface area contributed by atoms with E-state index in [2.05, 4.69) is 32.5 Å². The van der Waals surface area contributed by atoms with E-state index in [0.717, 1.165) is 6.07 Å². The summed E-state index contributed by atoms with van der Waals surface area (Å²) in [6.45, 7) is 10.9. The third kappa shape index (κ3) is 11.6. The molecule has 2 aromatic rings. The van der Waals surface area contributed by atoms with Gasteiger partial charge in [-0.05, 0) is 66.8 Å².